The number of hydrogen-bond acceptors (Lipinski definition) is 5. The molecule has 7 nitrogen and oxygen atoms in total. The summed E-state index contributed by atoms with van der Waals surface area (Å²) in [6.45, 7) is 6.11. The Bertz CT molecular complexity index is 1110. The predicted octanol–water partition coefficient (Wildman–Crippen LogP) is 2.62. The summed E-state index contributed by atoms with van der Waals surface area (Å²) in [5, 5.41) is 8.89. The quantitative estimate of drug-likeness (QED) is 0.553. The van der Waals surface area contributed by atoms with Gasteiger partial charge in [-0.3, -0.25) is 14.6 Å². The summed E-state index contributed by atoms with van der Waals surface area (Å²) >= 11 is 0. The van der Waals surface area contributed by atoms with Gasteiger partial charge in [0.05, 0.1) is 11.1 Å². The van der Waals surface area contributed by atoms with Crippen LogP contribution in [-0.4, -0.2) is 51.8 Å². The van der Waals surface area contributed by atoms with Crippen molar-refractivity contribution in [1.82, 2.24) is 25.0 Å². The molecule has 0 saturated carbocycles. The topological polar surface area (TPSA) is 80.1 Å². The maximum absolute atomic E-state index is 12.9. The maximum atomic E-state index is 12.9. The number of nitrogens with one attached hydrogen (secondary N) is 1. The van der Waals surface area contributed by atoms with E-state index < -0.39 is 0 Å². The minimum atomic E-state index is -0.243. The van der Waals surface area contributed by atoms with Crippen LogP contribution < -0.4 is 10.9 Å². The molecule has 168 valence electrons. The Morgan fingerprint density at radius 3 is 2.81 bits per heavy atom. The molecule has 1 aliphatic heterocycles. The molecule has 3 heterocycles. The molecule has 7 heteroatoms. The third-order valence-electron chi connectivity index (χ3n) is 6.05. The second kappa shape index (κ2) is 10.5. The molecule has 0 radical (unpaired) electrons. The van der Waals surface area contributed by atoms with Crippen molar-refractivity contribution in [2.75, 3.05) is 26.2 Å². The van der Waals surface area contributed by atoms with Crippen LogP contribution in [0, 0.1) is 5.92 Å². The number of benzene rings is 1. The number of likely N-dealkylation sites (tertiary alicyclic amines) is 1. The van der Waals surface area contributed by atoms with Crippen LogP contribution in [0.5, 0.6) is 0 Å². The molecule has 0 aliphatic carbocycles. The summed E-state index contributed by atoms with van der Waals surface area (Å²) in [4.78, 5) is 32.1. The summed E-state index contributed by atoms with van der Waals surface area (Å²) in [7, 11) is 0. The lowest BCUT2D eigenvalue weighted by molar-refractivity contribution is -0.121. The number of pyridine rings is 1. The normalized spacial score (nSPS) is 16.8. The van der Waals surface area contributed by atoms with E-state index in [0.29, 0.717) is 18.4 Å². The maximum Gasteiger partial charge on any atom is 0.275 e. The van der Waals surface area contributed by atoms with E-state index in [9.17, 15) is 9.59 Å². The van der Waals surface area contributed by atoms with Gasteiger partial charge in [0, 0.05) is 37.3 Å². The van der Waals surface area contributed by atoms with Gasteiger partial charge in [-0.25, -0.2) is 4.68 Å². The molecule has 3 aromatic rings. The van der Waals surface area contributed by atoms with Gasteiger partial charge in [0.15, 0.2) is 0 Å². The second-order valence-corrected chi connectivity index (χ2v) is 8.74. The van der Waals surface area contributed by atoms with Crippen molar-refractivity contribution in [1.29, 1.82) is 0 Å². The van der Waals surface area contributed by atoms with Gasteiger partial charge in [-0.2, -0.15) is 5.10 Å². The van der Waals surface area contributed by atoms with Crippen molar-refractivity contribution in [3.63, 3.8) is 0 Å². The number of nitrogens with zero attached hydrogens (tertiary/aromatic N) is 4. The Labute approximate surface area is 188 Å². The molecular formula is C25H31N5O2. The summed E-state index contributed by atoms with van der Waals surface area (Å²) < 4.78 is 1.29. The first-order valence-electron chi connectivity index (χ1n) is 11.5. The number of amides is 1. The SMILES string of the molecule is CC1CCCN(CCCNC(=O)Cn2nc(Cc3cccnc3)c3ccccc3c2=O)C1. The third-order valence-corrected chi connectivity index (χ3v) is 6.05. The zero-order chi connectivity index (χ0) is 22.3. The van der Waals surface area contributed by atoms with Gasteiger partial charge in [-0.15, -0.1) is 0 Å². The number of carbonyl (C=O) groups is 1. The lowest BCUT2D eigenvalue weighted by Crippen LogP contribution is -2.38. The molecule has 1 amide bonds. The lowest BCUT2D eigenvalue weighted by atomic mass is 10.0. The molecule has 32 heavy (non-hydrogen) atoms. The molecule has 1 unspecified atom stereocenters. The van der Waals surface area contributed by atoms with Gasteiger partial charge >= 0.3 is 0 Å². The van der Waals surface area contributed by atoms with E-state index >= 15 is 0 Å². The predicted molar refractivity (Wildman–Crippen MR) is 126 cm³/mol. The molecule has 1 N–H and O–H groups in total. The first-order chi connectivity index (χ1) is 15.6. The van der Waals surface area contributed by atoms with Crippen LogP contribution in [0.1, 0.15) is 37.4 Å². The Hall–Kier alpha value is -3.06. The molecule has 1 fully saturated rings. The second-order valence-electron chi connectivity index (χ2n) is 8.74. The van der Waals surface area contributed by atoms with Crippen LogP contribution in [0.15, 0.2) is 53.6 Å². The molecule has 1 aliphatic rings. The Kier molecular flexibility index (Phi) is 7.27. The van der Waals surface area contributed by atoms with Crippen molar-refractivity contribution in [2.45, 2.75) is 39.2 Å². The van der Waals surface area contributed by atoms with E-state index in [4.69, 9.17) is 0 Å². The smallest absolute Gasteiger partial charge is 0.275 e. The first-order valence-corrected chi connectivity index (χ1v) is 11.5. The molecular weight excluding hydrogens is 402 g/mol. The standard InChI is InChI=1S/C25H31N5O2/c1-19-7-5-13-29(17-19)14-6-12-27-24(31)18-30-25(32)22-10-3-2-9-21(22)23(28-30)15-20-8-4-11-26-16-20/h2-4,8-11,16,19H,5-7,12-15,17-18H2,1H3,(H,27,31). The highest BCUT2D eigenvalue weighted by Crippen LogP contribution is 2.17. The highest BCUT2D eigenvalue weighted by atomic mass is 16.2. The lowest BCUT2D eigenvalue weighted by Gasteiger charge is -2.30. The number of aromatic nitrogens is 3. The molecule has 2 aromatic heterocycles. The van der Waals surface area contributed by atoms with Crippen molar-refractivity contribution in [3.05, 3.63) is 70.4 Å². The fourth-order valence-electron chi connectivity index (χ4n) is 4.45. The molecule has 1 aromatic carbocycles. The van der Waals surface area contributed by atoms with E-state index in [1.54, 1.807) is 18.5 Å². The highest BCUT2D eigenvalue weighted by molar-refractivity contribution is 5.84. The highest BCUT2D eigenvalue weighted by Gasteiger charge is 2.16. The van der Waals surface area contributed by atoms with Crippen LogP contribution in [-0.2, 0) is 17.8 Å². The summed E-state index contributed by atoms with van der Waals surface area (Å²) in [6.07, 6.45) is 7.54. The molecule has 1 saturated heterocycles. The average molecular weight is 434 g/mol. The summed E-state index contributed by atoms with van der Waals surface area (Å²) in [5.74, 6) is 0.569. The van der Waals surface area contributed by atoms with Crippen LogP contribution in [0.2, 0.25) is 0 Å². The Balaban J connectivity index is 1.41. The number of fused-ring (bicyclic) bond motifs is 1. The van der Waals surface area contributed by atoms with Gasteiger partial charge in [0.25, 0.3) is 5.56 Å². The van der Waals surface area contributed by atoms with E-state index in [1.807, 2.05) is 30.3 Å². The zero-order valence-corrected chi connectivity index (χ0v) is 18.7. The zero-order valence-electron chi connectivity index (χ0n) is 18.7. The van der Waals surface area contributed by atoms with Crippen molar-refractivity contribution < 1.29 is 4.79 Å². The van der Waals surface area contributed by atoms with Gasteiger partial charge in [0.2, 0.25) is 5.91 Å². The molecule has 1 atom stereocenters. The van der Waals surface area contributed by atoms with Crippen molar-refractivity contribution in [2.24, 2.45) is 5.92 Å². The van der Waals surface area contributed by atoms with E-state index in [1.165, 1.54) is 17.5 Å². The van der Waals surface area contributed by atoms with E-state index in [-0.39, 0.29) is 18.0 Å². The number of rotatable bonds is 8. The Morgan fingerprint density at radius 2 is 2.03 bits per heavy atom. The fraction of sp³-hybridized carbons (Fsp3) is 0.440. The van der Waals surface area contributed by atoms with Gasteiger partial charge in [-0.05, 0) is 56.0 Å². The van der Waals surface area contributed by atoms with Crippen molar-refractivity contribution >= 4 is 16.7 Å². The van der Waals surface area contributed by atoms with E-state index in [2.05, 4.69) is 27.2 Å². The van der Waals surface area contributed by atoms with Crippen molar-refractivity contribution in [3.8, 4) is 0 Å². The van der Waals surface area contributed by atoms with Gasteiger partial charge in [0.1, 0.15) is 6.54 Å². The van der Waals surface area contributed by atoms with Crippen LogP contribution in [0.4, 0.5) is 0 Å². The van der Waals surface area contributed by atoms with Gasteiger partial charge in [-0.1, -0.05) is 31.2 Å². The minimum Gasteiger partial charge on any atom is -0.354 e. The minimum absolute atomic E-state index is 0.0789. The van der Waals surface area contributed by atoms with Crippen LogP contribution in [0.3, 0.4) is 0 Å². The first kappa shape index (κ1) is 22.1. The molecule has 4 rings (SSSR count). The number of carbonyl (C=O) groups excluding carboxylic acids is 1. The fourth-order valence-corrected chi connectivity index (χ4v) is 4.45. The van der Waals surface area contributed by atoms with Gasteiger partial charge < -0.3 is 10.2 Å². The molecule has 0 spiro atoms. The molecule has 0 bridgehead atoms. The summed E-state index contributed by atoms with van der Waals surface area (Å²) in [6, 6.07) is 11.3. The third kappa shape index (κ3) is 5.59. The summed E-state index contributed by atoms with van der Waals surface area (Å²) in [5.41, 5.74) is 1.53. The number of piperidine rings is 1. The Morgan fingerprint density at radius 1 is 1.19 bits per heavy atom. The van der Waals surface area contributed by atoms with E-state index in [0.717, 1.165) is 48.6 Å². The van der Waals surface area contributed by atoms with Crippen LogP contribution >= 0.6 is 0 Å². The largest absolute Gasteiger partial charge is 0.354 e. The number of hydrogen-bond donors (Lipinski definition) is 1. The monoisotopic (exact) mass is 433 g/mol. The average Bonchev–Trinajstić information content (AvgIpc) is 2.81. The van der Waals surface area contributed by atoms with Crippen LogP contribution in [0.25, 0.3) is 10.8 Å².